The summed E-state index contributed by atoms with van der Waals surface area (Å²) < 4.78 is 5.18. The van der Waals surface area contributed by atoms with Gasteiger partial charge in [-0.3, -0.25) is 4.79 Å². The molecule has 2 amide bonds. The quantitative estimate of drug-likeness (QED) is 0.701. The van der Waals surface area contributed by atoms with Crippen LogP contribution >= 0.6 is 11.6 Å². The van der Waals surface area contributed by atoms with E-state index in [-0.39, 0.29) is 12.2 Å². The maximum Gasteiger partial charge on any atom is 0.417 e. The van der Waals surface area contributed by atoms with E-state index >= 15 is 0 Å². The van der Waals surface area contributed by atoms with Crippen LogP contribution in [0.4, 0.5) is 4.79 Å². The number of aliphatic carboxylic acids is 1. The fourth-order valence-corrected chi connectivity index (χ4v) is 4.78. The van der Waals surface area contributed by atoms with Crippen molar-refractivity contribution in [1.82, 2.24) is 4.90 Å². The van der Waals surface area contributed by atoms with E-state index in [9.17, 15) is 19.5 Å². The molecule has 4 rings (SSSR count). The van der Waals surface area contributed by atoms with Crippen molar-refractivity contribution in [3.05, 3.63) is 77.4 Å². The number of rotatable bonds is 4. The number of alkyl halides is 1. The number of amides is 2. The minimum Gasteiger partial charge on any atom is -0.478 e. The lowest BCUT2D eigenvalue weighted by Crippen LogP contribution is -2.51. The molecule has 0 spiro atoms. The maximum atomic E-state index is 13.7. The molecule has 3 atom stereocenters. The molecule has 2 aliphatic rings. The van der Waals surface area contributed by atoms with Gasteiger partial charge in [0.2, 0.25) is 5.91 Å². The van der Waals surface area contributed by atoms with Crippen LogP contribution in [0.15, 0.2) is 66.2 Å². The summed E-state index contributed by atoms with van der Waals surface area (Å²) >= 11 is 6.71. The first kappa shape index (κ1) is 21.1. The van der Waals surface area contributed by atoms with E-state index in [0.717, 1.165) is 16.0 Å². The summed E-state index contributed by atoms with van der Waals surface area (Å²) in [5, 5.41) is 8.84. The molecule has 0 aromatic heterocycles. The predicted octanol–water partition coefficient (Wildman–Crippen LogP) is 4.65. The lowest BCUT2D eigenvalue weighted by Gasteiger charge is -2.40. The molecule has 2 aromatic carbocycles. The van der Waals surface area contributed by atoms with Gasteiger partial charge in [-0.05, 0) is 36.5 Å². The Labute approximate surface area is 185 Å². The average Bonchev–Trinajstić information content (AvgIpc) is 3.17. The van der Waals surface area contributed by atoms with Crippen molar-refractivity contribution >= 4 is 35.1 Å². The number of allylic oxidation sites excluding steroid dienone is 1. The van der Waals surface area contributed by atoms with Gasteiger partial charge in [-0.2, -0.15) is 0 Å². The highest BCUT2D eigenvalue weighted by atomic mass is 35.5. The van der Waals surface area contributed by atoms with Crippen LogP contribution < -0.4 is 0 Å². The van der Waals surface area contributed by atoms with Crippen molar-refractivity contribution in [2.24, 2.45) is 5.41 Å². The van der Waals surface area contributed by atoms with E-state index in [1.807, 2.05) is 60.7 Å². The Bertz CT molecular complexity index is 1050. The topological polar surface area (TPSA) is 83.9 Å². The van der Waals surface area contributed by atoms with Crippen LogP contribution in [0, 0.1) is 5.41 Å². The smallest absolute Gasteiger partial charge is 0.417 e. The highest BCUT2D eigenvalue weighted by Crippen LogP contribution is 2.48. The van der Waals surface area contributed by atoms with Crippen LogP contribution in [0.25, 0.3) is 5.57 Å². The highest BCUT2D eigenvalue weighted by Gasteiger charge is 2.53. The largest absolute Gasteiger partial charge is 0.478 e. The standard InChI is InChI=1S/C24H22ClNO5/c1-24(22(29)26-18(14-31-23(26)30)16-10-6-3-7-11-16)13-12-17(15-8-4-2-5-9-15)19(20(24)25)21(27)28/h2-11,18,20H,12-14H2,1H3,(H,27,28). The number of carboxylic acid groups (broad SMARTS) is 1. The number of halogens is 1. The van der Waals surface area contributed by atoms with Crippen LogP contribution in [0.2, 0.25) is 0 Å². The van der Waals surface area contributed by atoms with Gasteiger partial charge in [0.1, 0.15) is 12.6 Å². The van der Waals surface area contributed by atoms with E-state index in [0.29, 0.717) is 18.4 Å². The third-order valence-electron chi connectivity index (χ3n) is 6.15. The molecule has 160 valence electrons. The summed E-state index contributed by atoms with van der Waals surface area (Å²) in [5.41, 5.74) is 0.874. The first-order valence-corrected chi connectivity index (χ1v) is 10.5. The molecule has 0 radical (unpaired) electrons. The van der Waals surface area contributed by atoms with Crippen molar-refractivity contribution in [3.63, 3.8) is 0 Å². The number of imide groups is 1. The second-order valence-corrected chi connectivity index (χ2v) is 8.46. The van der Waals surface area contributed by atoms with Gasteiger partial charge < -0.3 is 9.84 Å². The zero-order valence-corrected chi connectivity index (χ0v) is 17.7. The molecule has 3 unspecified atom stereocenters. The molecular weight excluding hydrogens is 418 g/mol. The molecule has 1 heterocycles. The maximum absolute atomic E-state index is 13.7. The van der Waals surface area contributed by atoms with Gasteiger partial charge >= 0.3 is 12.1 Å². The Kier molecular flexibility index (Phi) is 5.58. The molecule has 1 saturated heterocycles. The molecule has 0 bridgehead atoms. The molecule has 1 aliphatic carbocycles. The number of ether oxygens (including phenoxy) is 1. The first-order chi connectivity index (χ1) is 14.8. The van der Waals surface area contributed by atoms with Gasteiger partial charge in [-0.25, -0.2) is 14.5 Å². The fourth-order valence-electron chi connectivity index (χ4n) is 4.35. The van der Waals surface area contributed by atoms with E-state index in [1.54, 1.807) is 6.92 Å². The molecule has 7 heteroatoms. The van der Waals surface area contributed by atoms with Crippen molar-refractivity contribution in [1.29, 1.82) is 0 Å². The van der Waals surface area contributed by atoms with Crippen molar-refractivity contribution in [3.8, 4) is 0 Å². The van der Waals surface area contributed by atoms with Crippen LogP contribution in [-0.2, 0) is 14.3 Å². The van der Waals surface area contributed by atoms with Crippen molar-refractivity contribution in [2.75, 3.05) is 6.61 Å². The Morgan fingerprint density at radius 3 is 2.32 bits per heavy atom. The van der Waals surface area contributed by atoms with Gasteiger partial charge in [-0.1, -0.05) is 60.7 Å². The van der Waals surface area contributed by atoms with Gasteiger partial charge in [-0.15, -0.1) is 11.6 Å². The van der Waals surface area contributed by atoms with Crippen LogP contribution in [0.1, 0.15) is 36.9 Å². The van der Waals surface area contributed by atoms with Crippen molar-refractivity contribution in [2.45, 2.75) is 31.2 Å². The third kappa shape index (κ3) is 3.61. The molecule has 1 fully saturated rings. The van der Waals surface area contributed by atoms with Crippen molar-refractivity contribution < 1.29 is 24.2 Å². The molecule has 0 saturated carbocycles. The Morgan fingerprint density at radius 2 is 1.71 bits per heavy atom. The summed E-state index contributed by atoms with van der Waals surface area (Å²) in [6.45, 7) is 1.68. The Morgan fingerprint density at radius 1 is 1.10 bits per heavy atom. The van der Waals surface area contributed by atoms with Crippen LogP contribution in [-0.4, -0.2) is 40.0 Å². The monoisotopic (exact) mass is 439 g/mol. The summed E-state index contributed by atoms with van der Waals surface area (Å²) in [5.74, 6) is -1.68. The minimum absolute atomic E-state index is 0.00112. The highest BCUT2D eigenvalue weighted by molar-refractivity contribution is 6.29. The summed E-state index contributed by atoms with van der Waals surface area (Å²) in [6.07, 6.45) is -0.0684. The van der Waals surface area contributed by atoms with Crippen LogP contribution in [0.3, 0.4) is 0 Å². The molecule has 1 N–H and O–H groups in total. The van der Waals surface area contributed by atoms with E-state index in [1.165, 1.54) is 0 Å². The Balaban J connectivity index is 1.72. The summed E-state index contributed by atoms with van der Waals surface area (Å²) in [7, 11) is 0. The fraction of sp³-hybridized carbons (Fsp3) is 0.292. The molecule has 2 aromatic rings. The number of carbonyl (C=O) groups excluding carboxylic acids is 2. The third-order valence-corrected chi connectivity index (χ3v) is 6.85. The second-order valence-electron chi connectivity index (χ2n) is 8.02. The van der Waals surface area contributed by atoms with Crippen LogP contribution in [0.5, 0.6) is 0 Å². The van der Waals surface area contributed by atoms with Gasteiger partial charge in [0.15, 0.2) is 0 Å². The SMILES string of the molecule is CC1(C(=O)N2C(=O)OCC2c2ccccc2)CCC(c2ccccc2)=C(C(=O)O)C1Cl. The number of carbonyl (C=O) groups is 3. The Hall–Kier alpha value is -3.12. The van der Waals surface area contributed by atoms with E-state index in [2.05, 4.69) is 0 Å². The molecule has 6 nitrogen and oxygen atoms in total. The lowest BCUT2D eigenvalue weighted by atomic mass is 9.70. The summed E-state index contributed by atoms with van der Waals surface area (Å²) in [4.78, 5) is 39.4. The predicted molar refractivity (Wildman–Crippen MR) is 115 cm³/mol. The van der Waals surface area contributed by atoms with E-state index < -0.39 is 34.8 Å². The number of benzene rings is 2. The number of carboxylic acids is 1. The first-order valence-electron chi connectivity index (χ1n) is 10.1. The number of hydrogen-bond acceptors (Lipinski definition) is 4. The summed E-state index contributed by atoms with van der Waals surface area (Å²) in [6, 6.07) is 17.7. The van der Waals surface area contributed by atoms with Gasteiger partial charge in [0, 0.05) is 0 Å². The number of hydrogen-bond donors (Lipinski definition) is 1. The minimum atomic E-state index is -1.27. The molecular formula is C24H22ClNO5. The van der Waals surface area contributed by atoms with Gasteiger partial charge in [0.05, 0.1) is 16.4 Å². The average molecular weight is 440 g/mol. The normalized spacial score (nSPS) is 26.0. The molecule has 31 heavy (non-hydrogen) atoms. The number of cyclic esters (lactones) is 1. The zero-order chi connectivity index (χ0) is 22.2. The lowest BCUT2D eigenvalue weighted by molar-refractivity contribution is -0.140. The van der Waals surface area contributed by atoms with E-state index in [4.69, 9.17) is 16.3 Å². The zero-order valence-electron chi connectivity index (χ0n) is 17.0. The van der Waals surface area contributed by atoms with Gasteiger partial charge in [0.25, 0.3) is 0 Å². The molecule has 1 aliphatic heterocycles. The second kappa shape index (κ2) is 8.19. The number of nitrogens with zero attached hydrogens (tertiary/aromatic N) is 1.